The molecular weight excluding hydrogens is 160 g/mol. The van der Waals surface area contributed by atoms with Crippen molar-refractivity contribution in [2.24, 2.45) is 0 Å². The Morgan fingerprint density at radius 3 is 2.62 bits per heavy atom. The summed E-state index contributed by atoms with van der Waals surface area (Å²) in [4.78, 5) is 0. The molecular formula is C12H14O. The van der Waals surface area contributed by atoms with Crippen molar-refractivity contribution in [2.75, 3.05) is 7.11 Å². The number of benzene rings is 1. The lowest BCUT2D eigenvalue weighted by atomic mass is 10.2. The average Bonchev–Trinajstić information content (AvgIpc) is 2.16. The highest BCUT2D eigenvalue weighted by Crippen LogP contribution is 1.94. The fourth-order valence-electron chi connectivity index (χ4n) is 1.18. The van der Waals surface area contributed by atoms with Gasteiger partial charge in [-0.3, -0.25) is 0 Å². The zero-order valence-electron chi connectivity index (χ0n) is 8.08. The molecule has 0 aliphatic heterocycles. The molecule has 1 rings (SSSR count). The van der Waals surface area contributed by atoms with Crippen molar-refractivity contribution in [3.05, 3.63) is 46.9 Å². The molecule has 1 aromatic rings. The Hall–Kier alpha value is -1.50. The Kier molecular flexibility index (Phi) is 3.32. The van der Waals surface area contributed by atoms with Gasteiger partial charge in [0, 0.05) is 5.22 Å². The zero-order chi connectivity index (χ0) is 9.68. The van der Waals surface area contributed by atoms with Crippen LogP contribution in [0.5, 0.6) is 0 Å². The third-order valence-corrected chi connectivity index (χ3v) is 1.82. The van der Waals surface area contributed by atoms with Gasteiger partial charge >= 0.3 is 0 Å². The van der Waals surface area contributed by atoms with Gasteiger partial charge in [-0.15, -0.1) is 0 Å². The zero-order valence-corrected chi connectivity index (χ0v) is 8.08. The summed E-state index contributed by atoms with van der Waals surface area (Å²) in [6.07, 6.45) is 3.88. The van der Waals surface area contributed by atoms with Gasteiger partial charge in [0.2, 0.25) is 0 Å². The number of hydrogen-bond donors (Lipinski definition) is 0. The summed E-state index contributed by atoms with van der Waals surface area (Å²) in [6.45, 7) is 5.90. The predicted molar refractivity (Wildman–Crippen MR) is 56.4 cm³/mol. The normalized spacial score (nSPS) is 13.1. The molecule has 0 atom stereocenters. The van der Waals surface area contributed by atoms with E-state index in [2.05, 4.69) is 6.58 Å². The first kappa shape index (κ1) is 9.59. The Morgan fingerprint density at radius 1 is 1.38 bits per heavy atom. The summed E-state index contributed by atoms with van der Waals surface area (Å²) in [5.74, 6) is 0.855. The second-order valence-electron chi connectivity index (χ2n) is 2.73. The third kappa shape index (κ3) is 2.22. The molecule has 0 fully saturated rings. The number of allylic oxidation sites excluding steroid dienone is 1. The van der Waals surface area contributed by atoms with Gasteiger partial charge < -0.3 is 4.74 Å². The van der Waals surface area contributed by atoms with E-state index in [4.69, 9.17) is 4.74 Å². The summed E-state index contributed by atoms with van der Waals surface area (Å²) in [6, 6.07) is 7.92. The summed E-state index contributed by atoms with van der Waals surface area (Å²) in [5, 5.41) is 2.03. The minimum Gasteiger partial charge on any atom is -0.496 e. The van der Waals surface area contributed by atoms with Gasteiger partial charge in [0.15, 0.2) is 0 Å². The van der Waals surface area contributed by atoms with Gasteiger partial charge in [-0.1, -0.05) is 36.9 Å². The van der Waals surface area contributed by atoms with E-state index in [0.29, 0.717) is 0 Å². The Morgan fingerprint density at radius 2 is 2.08 bits per heavy atom. The Balaban J connectivity index is 3.46. The smallest absolute Gasteiger partial charge is 0.126 e. The summed E-state index contributed by atoms with van der Waals surface area (Å²) in [7, 11) is 1.67. The minimum absolute atomic E-state index is 0.855. The SMILES string of the molecule is C=c1cccc/c1=C(/C=C\C)OC. The van der Waals surface area contributed by atoms with Crippen LogP contribution in [0, 0.1) is 0 Å². The van der Waals surface area contributed by atoms with Crippen molar-refractivity contribution in [3.8, 4) is 0 Å². The molecule has 0 N–H and O–H groups in total. The van der Waals surface area contributed by atoms with Crippen molar-refractivity contribution in [2.45, 2.75) is 6.92 Å². The van der Waals surface area contributed by atoms with E-state index < -0.39 is 0 Å². The molecule has 0 radical (unpaired) electrons. The molecule has 0 unspecified atom stereocenters. The molecule has 13 heavy (non-hydrogen) atoms. The first-order valence-electron chi connectivity index (χ1n) is 4.24. The number of ether oxygens (including phenoxy) is 1. The van der Waals surface area contributed by atoms with E-state index in [1.165, 1.54) is 0 Å². The van der Waals surface area contributed by atoms with Crippen LogP contribution in [0.3, 0.4) is 0 Å². The van der Waals surface area contributed by atoms with E-state index in [0.717, 1.165) is 16.2 Å². The van der Waals surface area contributed by atoms with Gasteiger partial charge in [-0.2, -0.15) is 0 Å². The van der Waals surface area contributed by atoms with Crippen LogP contribution in [-0.2, 0) is 4.74 Å². The standard InChI is InChI=1S/C12H14O/c1-4-7-12(13-3)11-9-6-5-8-10(11)2/h4-9H,2H2,1,3H3/b7-4-,12-11+. The molecule has 1 heteroatoms. The molecule has 68 valence electrons. The van der Waals surface area contributed by atoms with E-state index >= 15 is 0 Å². The fourth-order valence-corrected chi connectivity index (χ4v) is 1.18. The van der Waals surface area contributed by atoms with Gasteiger partial charge in [-0.05, 0) is 18.2 Å². The minimum atomic E-state index is 0.855. The van der Waals surface area contributed by atoms with E-state index in [-0.39, 0.29) is 0 Å². The monoisotopic (exact) mass is 174 g/mol. The van der Waals surface area contributed by atoms with Crippen LogP contribution in [0.25, 0.3) is 12.3 Å². The highest BCUT2D eigenvalue weighted by Gasteiger charge is 1.91. The van der Waals surface area contributed by atoms with Gasteiger partial charge in [0.1, 0.15) is 5.76 Å². The fraction of sp³-hybridized carbons (Fsp3) is 0.167. The van der Waals surface area contributed by atoms with Crippen molar-refractivity contribution in [1.82, 2.24) is 0 Å². The molecule has 0 saturated heterocycles. The number of methoxy groups -OCH3 is 1. The lowest BCUT2D eigenvalue weighted by molar-refractivity contribution is 0.370. The van der Waals surface area contributed by atoms with Crippen molar-refractivity contribution < 1.29 is 4.74 Å². The maximum atomic E-state index is 5.25. The molecule has 0 spiro atoms. The maximum absolute atomic E-state index is 5.25. The van der Waals surface area contributed by atoms with Gasteiger partial charge in [0.05, 0.1) is 7.11 Å². The third-order valence-electron chi connectivity index (χ3n) is 1.82. The summed E-state index contributed by atoms with van der Waals surface area (Å²) in [5.41, 5.74) is 0. The van der Waals surface area contributed by atoms with Crippen molar-refractivity contribution >= 4 is 12.3 Å². The van der Waals surface area contributed by atoms with Crippen LogP contribution in [0.2, 0.25) is 0 Å². The summed E-state index contributed by atoms with van der Waals surface area (Å²) >= 11 is 0. The van der Waals surface area contributed by atoms with Crippen LogP contribution in [0.4, 0.5) is 0 Å². The average molecular weight is 174 g/mol. The Labute approximate surface area is 78.7 Å². The topological polar surface area (TPSA) is 9.23 Å². The Bertz CT molecular complexity index is 401. The number of hydrogen-bond acceptors (Lipinski definition) is 1. The molecule has 0 heterocycles. The lowest BCUT2D eigenvalue weighted by Gasteiger charge is -1.99. The maximum Gasteiger partial charge on any atom is 0.126 e. The molecule has 0 saturated carbocycles. The van der Waals surface area contributed by atoms with Crippen LogP contribution in [0.15, 0.2) is 36.4 Å². The molecule has 0 aliphatic rings. The van der Waals surface area contributed by atoms with Gasteiger partial charge in [-0.25, -0.2) is 0 Å². The molecule has 0 bridgehead atoms. The first-order chi connectivity index (χ1) is 6.29. The highest BCUT2D eigenvalue weighted by atomic mass is 16.5. The second kappa shape index (κ2) is 4.51. The van der Waals surface area contributed by atoms with Crippen LogP contribution >= 0.6 is 0 Å². The highest BCUT2D eigenvalue weighted by molar-refractivity contribution is 5.49. The predicted octanol–water partition coefficient (Wildman–Crippen LogP) is 1.43. The molecule has 0 aliphatic carbocycles. The molecule has 0 aromatic heterocycles. The van der Waals surface area contributed by atoms with Crippen molar-refractivity contribution in [1.29, 1.82) is 0 Å². The van der Waals surface area contributed by atoms with E-state index in [9.17, 15) is 0 Å². The first-order valence-corrected chi connectivity index (χ1v) is 4.24. The van der Waals surface area contributed by atoms with E-state index in [1.807, 2.05) is 43.3 Å². The van der Waals surface area contributed by atoms with Crippen molar-refractivity contribution in [3.63, 3.8) is 0 Å². The largest absolute Gasteiger partial charge is 0.496 e. The molecule has 1 nitrogen and oxygen atoms in total. The van der Waals surface area contributed by atoms with Gasteiger partial charge in [0.25, 0.3) is 0 Å². The second-order valence-corrected chi connectivity index (χ2v) is 2.73. The molecule has 0 amide bonds. The quantitative estimate of drug-likeness (QED) is 0.659. The van der Waals surface area contributed by atoms with Crippen LogP contribution in [0.1, 0.15) is 6.92 Å². The summed E-state index contributed by atoms with van der Waals surface area (Å²) < 4.78 is 5.25. The van der Waals surface area contributed by atoms with Crippen LogP contribution < -0.4 is 10.4 Å². The molecule has 1 aromatic carbocycles. The lowest BCUT2D eigenvalue weighted by Crippen LogP contribution is -2.24. The van der Waals surface area contributed by atoms with E-state index in [1.54, 1.807) is 7.11 Å². The van der Waals surface area contributed by atoms with Crippen LogP contribution in [-0.4, -0.2) is 7.11 Å². The number of rotatable bonds is 2.